The smallest absolute Gasteiger partial charge is 0.269 e. The van der Waals surface area contributed by atoms with Crippen molar-refractivity contribution in [3.8, 4) is 0 Å². The minimum atomic E-state index is -1.97. The number of nitrogens with one attached hydrogen (secondary N) is 2. The molecule has 112 valence electrons. The first-order chi connectivity index (χ1) is 9.47. The van der Waals surface area contributed by atoms with E-state index in [4.69, 9.17) is 10.2 Å². The second-order valence-corrected chi connectivity index (χ2v) is 4.16. The molecular weight excluding hydrogens is 268 g/mol. The number of hydrogen-bond acceptors (Lipinski definition) is 7. The standard InChI is InChI=1S/C12H18N2O6/c15-6-8(16)9(17)10(18)11(19)12(20)14-13-7-4-2-1-3-5-7/h1-5,8-11,13,15-19H,6H2,(H,14,20). The van der Waals surface area contributed by atoms with Gasteiger partial charge in [0, 0.05) is 0 Å². The Morgan fingerprint density at radius 3 is 2.20 bits per heavy atom. The Balaban J connectivity index is 2.50. The van der Waals surface area contributed by atoms with Gasteiger partial charge >= 0.3 is 0 Å². The van der Waals surface area contributed by atoms with Crippen molar-refractivity contribution in [2.75, 3.05) is 12.0 Å². The van der Waals surface area contributed by atoms with Gasteiger partial charge in [-0.2, -0.15) is 0 Å². The number of hydrazine groups is 1. The van der Waals surface area contributed by atoms with E-state index in [9.17, 15) is 20.1 Å². The normalized spacial score (nSPS) is 16.9. The van der Waals surface area contributed by atoms with Crippen LogP contribution in [0.2, 0.25) is 0 Å². The van der Waals surface area contributed by atoms with E-state index in [-0.39, 0.29) is 0 Å². The molecule has 0 fully saturated rings. The molecule has 0 saturated carbocycles. The van der Waals surface area contributed by atoms with Gasteiger partial charge in [0.1, 0.15) is 18.3 Å². The van der Waals surface area contributed by atoms with Crippen LogP contribution < -0.4 is 10.9 Å². The fraction of sp³-hybridized carbons (Fsp3) is 0.417. The Morgan fingerprint density at radius 1 is 1.05 bits per heavy atom. The number of amides is 1. The first-order valence-corrected chi connectivity index (χ1v) is 5.91. The number of para-hydroxylation sites is 1. The highest BCUT2D eigenvalue weighted by Crippen LogP contribution is 2.06. The Kier molecular flexibility index (Phi) is 6.36. The first-order valence-electron chi connectivity index (χ1n) is 5.91. The molecule has 0 aromatic heterocycles. The van der Waals surface area contributed by atoms with E-state index >= 15 is 0 Å². The summed E-state index contributed by atoms with van der Waals surface area (Å²) in [5.41, 5.74) is 5.19. The van der Waals surface area contributed by atoms with Crippen LogP contribution in [0.25, 0.3) is 0 Å². The van der Waals surface area contributed by atoms with Gasteiger partial charge in [0.25, 0.3) is 5.91 Å². The minimum absolute atomic E-state index is 0.554. The zero-order chi connectivity index (χ0) is 15.1. The lowest BCUT2D eigenvalue weighted by atomic mass is 10.0. The molecule has 0 saturated heterocycles. The van der Waals surface area contributed by atoms with Gasteiger partial charge in [0.2, 0.25) is 0 Å². The molecule has 0 aliphatic heterocycles. The van der Waals surface area contributed by atoms with Crippen LogP contribution in [-0.2, 0) is 4.79 Å². The number of aliphatic hydroxyl groups is 5. The summed E-state index contributed by atoms with van der Waals surface area (Å²) >= 11 is 0. The molecule has 0 aliphatic rings. The van der Waals surface area contributed by atoms with E-state index in [1.54, 1.807) is 30.3 Å². The number of carbonyl (C=O) groups is 1. The quantitative estimate of drug-likeness (QED) is 0.276. The summed E-state index contributed by atoms with van der Waals surface area (Å²) in [4.78, 5) is 11.5. The van der Waals surface area contributed by atoms with Crippen molar-refractivity contribution in [1.82, 2.24) is 5.43 Å². The molecule has 1 rings (SSSR count). The maximum Gasteiger partial charge on any atom is 0.269 e. The SMILES string of the molecule is O=C(NNc1ccccc1)C(O)C(O)C(O)C(O)CO. The third-order valence-corrected chi connectivity index (χ3v) is 2.63. The molecule has 1 amide bonds. The summed E-state index contributed by atoms with van der Waals surface area (Å²) in [6.07, 6.45) is -7.41. The van der Waals surface area contributed by atoms with Crippen molar-refractivity contribution in [2.24, 2.45) is 0 Å². The lowest BCUT2D eigenvalue weighted by molar-refractivity contribution is -0.148. The summed E-state index contributed by atoms with van der Waals surface area (Å²) in [7, 11) is 0. The average Bonchev–Trinajstić information content (AvgIpc) is 2.50. The second kappa shape index (κ2) is 7.78. The van der Waals surface area contributed by atoms with Crippen LogP contribution >= 0.6 is 0 Å². The molecule has 0 radical (unpaired) electrons. The number of hydrogen-bond donors (Lipinski definition) is 7. The van der Waals surface area contributed by atoms with Gasteiger partial charge in [0.05, 0.1) is 12.3 Å². The van der Waals surface area contributed by atoms with Gasteiger partial charge in [-0.05, 0) is 12.1 Å². The number of benzene rings is 1. The van der Waals surface area contributed by atoms with Crippen LogP contribution in [0.3, 0.4) is 0 Å². The second-order valence-electron chi connectivity index (χ2n) is 4.16. The zero-order valence-electron chi connectivity index (χ0n) is 10.5. The van der Waals surface area contributed by atoms with Crippen LogP contribution in [0.15, 0.2) is 30.3 Å². The fourth-order valence-corrected chi connectivity index (χ4v) is 1.41. The Labute approximate surface area is 115 Å². The Morgan fingerprint density at radius 2 is 1.65 bits per heavy atom. The summed E-state index contributed by atoms with van der Waals surface area (Å²) < 4.78 is 0. The number of carbonyl (C=O) groups excluding carboxylic acids is 1. The van der Waals surface area contributed by atoms with Crippen molar-refractivity contribution in [3.05, 3.63) is 30.3 Å². The predicted octanol–water partition coefficient (Wildman–Crippen LogP) is -2.43. The topological polar surface area (TPSA) is 142 Å². The van der Waals surface area contributed by atoms with Crippen molar-refractivity contribution in [1.29, 1.82) is 0 Å². The van der Waals surface area contributed by atoms with Gasteiger partial charge in [0.15, 0.2) is 6.10 Å². The zero-order valence-corrected chi connectivity index (χ0v) is 10.5. The van der Waals surface area contributed by atoms with Crippen molar-refractivity contribution in [2.45, 2.75) is 24.4 Å². The molecule has 0 aliphatic carbocycles. The molecule has 20 heavy (non-hydrogen) atoms. The lowest BCUT2D eigenvalue weighted by Gasteiger charge is -2.25. The van der Waals surface area contributed by atoms with Crippen LogP contribution in [0.1, 0.15) is 0 Å². The summed E-state index contributed by atoms with van der Waals surface area (Å²) in [6.45, 7) is -0.811. The summed E-state index contributed by atoms with van der Waals surface area (Å²) in [6, 6.07) is 8.54. The van der Waals surface area contributed by atoms with Crippen LogP contribution in [-0.4, -0.2) is 62.5 Å². The molecule has 0 heterocycles. The monoisotopic (exact) mass is 286 g/mol. The number of rotatable bonds is 7. The summed E-state index contributed by atoms with van der Waals surface area (Å²) in [5.74, 6) is -0.995. The van der Waals surface area contributed by atoms with Crippen LogP contribution in [0.5, 0.6) is 0 Å². The molecule has 8 heteroatoms. The van der Waals surface area contributed by atoms with Crippen molar-refractivity contribution >= 4 is 11.6 Å². The highest BCUT2D eigenvalue weighted by atomic mass is 16.4. The van der Waals surface area contributed by atoms with Gasteiger partial charge < -0.3 is 25.5 Å². The predicted molar refractivity (Wildman–Crippen MR) is 69.3 cm³/mol. The minimum Gasteiger partial charge on any atom is -0.394 e. The summed E-state index contributed by atoms with van der Waals surface area (Å²) in [5, 5.41) is 46.1. The van der Waals surface area contributed by atoms with Crippen LogP contribution in [0.4, 0.5) is 5.69 Å². The maximum atomic E-state index is 11.5. The maximum absolute atomic E-state index is 11.5. The molecule has 1 aromatic rings. The van der Waals surface area contributed by atoms with Gasteiger partial charge in [-0.3, -0.25) is 15.6 Å². The van der Waals surface area contributed by atoms with Crippen LogP contribution in [0, 0.1) is 0 Å². The third-order valence-electron chi connectivity index (χ3n) is 2.63. The molecule has 4 unspecified atom stereocenters. The van der Waals surface area contributed by atoms with Gasteiger partial charge in [-0.25, -0.2) is 0 Å². The highest BCUT2D eigenvalue weighted by Gasteiger charge is 2.34. The molecule has 8 nitrogen and oxygen atoms in total. The van der Waals surface area contributed by atoms with E-state index < -0.39 is 36.9 Å². The van der Waals surface area contributed by atoms with Gasteiger partial charge in [-0.1, -0.05) is 18.2 Å². The molecule has 4 atom stereocenters. The van der Waals surface area contributed by atoms with Crippen molar-refractivity contribution in [3.63, 3.8) is 0 Å². The molecule has 7 N–H and O–H groups in total. The molecule has 0 spiro atoms. The number of anilines is 1. The highest BCUT2D eigenvalue weighted by molar-refractivity contribution is 5.82. The number of aliphatic hydroxyl groups excluding tert-OH is 5. The van der Waals surface area contributed by atoms with E-state index in [2.05, 4.69) is 10.9 Å². The first kappa shape index (κ1) is 16.3. The van der Waals surface area contributed by atoms with E-state index in [0.29, 0.717) is 5.69 Å². The largest absolute Gasteiger partial charge is 0.394 e. The third kappa shape index (κ3) is 4.44. The van der Waals surface area contributed by atoms with E-state index in [1.807, 2.05) is 0 Å². The van der Waals surface area contributed by atoms with E-state index in [1.165, 1.54) is 0 Å². The lowest BCUT2D eigenvalue weighted by Crippen LogP contribution is -2.52. The Hall–Kier alpha value is -1.71. The molecule has 0 bridgehead atoms. The molecule has 1 aromatic carbocycles. The molecular formula is C12H18N2O6. The van der Waals surface area contributed by atoms with Gasteiger partial charge in [-0.15, -0.1) is 0 Å². The fourth-order valence-electron chi connectivity index (χ4n) is 1.41. The van der Waals surface area contributed by atoms with E-state index in [0.717, 1.165) is 0 Å². The van der Waals surface area contributed by atoms with Crippen molar-refractivity contribution < 1.29 is 30.3 Å². The average molecular weight is 286 g/mol. The Bertz CT molecular complexity index is 416.